The molecule has 6 heteroatoms. The van der Waals surface area contributed by atoms with Gasteiger partial charge in [-0.25, -0.2) is 14.1 Å². The van der Waals surface area contributed by atoms with Crippen LogP contribution in [0.15, 0.2) is 61.2 Å². The molecule has 0 fully saturated rings. The highest BCUT2D eigenvalue weighted by Gasteiger charge is 2.18. The molecule has 3 rings (SSSR count). The Labute approximate surface area is 152 Å². The molecule has 0 saturated heterocycles. The van der Waals surface area contributed by atoms with Crippen LogP contribution in [0, 0.1) is 5.82 Å². The van der Waals surface area contributed by atoms with Crippen LogP contribution >= 0.6 is 0 Å². The zero-order chi connectivity index (χ0) is 18.5. The number of halogens is 1. The van der Waals surface area contributed by atoms with E-state index in [-0.39, 0.29) is 24.2 Å². The highest BCUT2D eigenvalue weighted by atomic mass is 19.1. The van der Waals surface area contributed by atoms with E-state index in [4.69, 9.17) is 0 Å². The Morgan fingerprint density at radius 2 is 1.92 bits per heavy atom. The van der Waals surface area contributed by atoms with Crippen LogP contribution in [0.25, 0.3) is 5.69 Å². The van der Waals surface area contributed by atoms with Crippen molar-refractivity contribution >= 4 is 5.91 Å². The van der Waals surface area contributed by atoms with E-state index in [9.17, 15) is 9.18 Å². The maximum absolute atomic E-state index is 13.7. The molecular formula is C20H21FN4O. The fourth-order valence-corrected chi connectivity index (χ4v) is 2.81. The zero-order valence-electron chi connectivity index (χ0n) is 14.8. The highest BCUT2D eigenvalue weighted by molar-refractivity contribution is 5.76. The number of rotatable bonds is 6. The van der Waals surface area contributed by atoms with Crippen molar-refractivity contribution in [2.45, 2.75) is 25.8 Å². The number of carbonyl (C=O) groups is 1. The van der Waals surface area contributed by atoms with Gasteiger partial charge in [0.2, 0.25) is 5.91 Å². The molecule has 134 valence electrons. The lowest BCUT2D eigenvalue weighted by atomic mass is 10.0. The first-order chi connectivity index (χ1) is 12.6. The van der Waals surface area contributed by atoms with Crippen LogP contribution in [0.3, 0.4) is 0 Å². The van der Waals surface area contributed by atoms with Crippen LogP contribution in [0.5, 0.6) is 0 Å². The smallest absolute Gasteiger partial charge is 0.223 e. The monoisotopic (exact) mass is 352 g/mol. The minimum atomic E-state index is -0.264. The molecule has 0 N–H and O–H groups in total. The number of aromatic nitrogens is 3. The molecule has 26 heavy (non-hydrogen) atoms. The Morgan fingerprint density at radius 1 is 1.19 bits per heavy atom. The average molecular weight is 352 g/mol. The molecule has 0 spiro atoms. The van der Waals surface area contributed by atoms with Crippen LogP contribution in [-0.4, -0.2) is 32.6 Å². The fourth-order valence-electron chi connectivity index (χ4n) is 2.81. The molecule has 1 unspecified atom stereocenters. The van der Waals surface area contributed by atoms with Crippen molar-refractivity contribution in [3.63, 3.8) is 0 Å². The number of benzene rings is 2. The van der Waals surface area contributed by atoms with E-state index in [2.05, 4.69) is 10.1 Å². The van der Waals surface area contributed by atoms with Crippen molar-refractivity contribution < 1.29 is 9.18 Å². The SMILES string of the molecule is CC(c1ccc(-n2cncn2)cc1)N(C)C(=O)CCc1ccccc1F. The van der Waals surface area contributed by atoms with E-state index >= 15 is 0 Å². The normalized spacial score (nSPS) is 12.0. The van der Waals surface area contributed by atoms with Crippen LogP contribution < -0.4 is 0 Å². The van der Waals surface area contributed by atoms with Gasteiger partial charge in [-0.1, -0.05) is 30.3 Å². The molecule has 0 aliphatic carbocycles. The standard InChI is InChI=1S/C20H21FN4O/c1-15(16-7-10-18(11-8-16)25-14-22-13-23-25)24(2)20(26)12-9-17-5-3-4-6-19(17)21/h3-8,10-11,13-15H,9,12H2,1-2H3. The summed E-state index contributed by atoms with van der Waals surface area (Å²) in [7, 11) is 1.78. The second-order valence-electron chi connectivity index (χ2n) is 6.20. The van der Waals surface area contributed by atoms with Crippen LogP contribution in [0.2, 0.25) is 0 Å². The highest BCUT2D eigenvalue weighted by Crippen LogP contribution is 2.21. The minimum absolute atomic E-state index is 0.0129. The first-order valence-corrected chi connectivity index (χ1v) is 8.50. The lowest BCUT2D eigenvalue weighted by Crippen LogP contribution is -2.29. The van der Waals surface area contributed by atoms with Gasteiger partial charge >= 0.3 is 0 Å². The molecular weight excluding hydrogens is 331 g/mol. The van der Waals surface area contributed by atoms with E-state index in [1.54, 1.807) is 41.2 Å². The summed E-state index contributed by atoms with van der Waals surface area (Å²) in [4.78, 5) is 18.1. The number of nitrogens with zero attached hydrogens (tertiary/aromatic N) is 4. The quantitative estimate of drug-likeness (QED) is 0.682. The maximum atomic E-state index is 13.7. The van der Waals surface area contributed by atoms with Crippen molar-refractivity contribution in [2.24, 2.45) is 0 Å². The molecule has 0 saturated carbocycles. The molecule has 5 nitrogen and oxygen atoms in total. The summed E-state index contributed by atoms with van der Waals surface area (Å²) in [5.41, 5.74) is 2.50. The largest absolute Gasteiger partial charge is 0.339 e. The van der Waals surface area contributed by atoms with E-state index in [1.807, 2.05) is 31.2 Å². The molecule has 1 heterocycles. The Hall–Kier alpha value is -3.02. The lowest BCUT2D eigenvalue weighted by Gasteiger charge is -2.25. The summed E-state index contributed by atoms with van der Waals surface area (Å²) in [6.45, 7) is 1.98. The molecule has 2 aromatic carbocycles. The summed E-state index contributed by atoms with van der Waals surface area (Å²) in [5.74, 6) is -0.277. The third-order valence-corrected chi connectivity index (χ3v) is 4.60. The Morgan fingerprint density at radius 3 is 2.58 bits per heavy atom. The Bertz CT molecular complexity index is 862. The first-order valence-electron chi connectivity index (χ1n) is 8.50. The number of carbonyl (C=O) groups excluding carboxylic acids is 1. The van der Waals surface area contributed by atoms with Crippen LogP contribution in [-0.2, 0) is 11.2 Å². The molecule has 0 bridgehead atoms. The van der Waals surface area contributed by atoms with Gasteiger partial charge in [0, 0.05) is 13.5 Å². The van der Waals surface area contributed by atoms with Gasteiger partial charge in [0.05, 0.1) is 11.7 Å². The number of aryl methyl sites for hydroxylation is 1. The molecule has 0 aliphatic rings. The van der Waals surface area contributed by atoms with Crippen molar-refractivity contribution in [1.82, 2.24) is 19.7 Å². The van der Waals surface area contributed by atoms with E-state index in [0.29, 0.717) is 12.0 Å². The molecule has 3 aromatic rings. The molecule has 1 amide bonds. The first kappa shape index (κ1) is 17.8. The molecule has 0 radical (unpaired) electrons. The Kier molecular flexibility index (Phi) is 5.41. The van der Waals surface area contributed by atoms with Gasteiger partial charge in [0.1, 0.15) is 18.5 Å². The van der Waals surface area contributed by atoms with Gasteiger partial charge in [-0.15, -0.1) is 0 Å². The second kappa shape index (κ2) is 7.91. The summed E-state index contributed by atoms with van der Waals surface area (Å²) >= 11 is 0. The number of hydrogen-bond acceptors (Lipinski definition) is 3. The molecule has 1 atom stereocenters. The van der Waals surface area contributed by atoms with Crippen molar-refractivity contribution in [1.29, 1.82) is 0 Å². The summed E-state index contributed by atoms with van der Waals surface area (Å²) < 4.78 is 15.4. The van der Waals surface area contributed by atoms with Crippen molar-refractivity contribution in [3.05, 3.63) is 78.1 Å². The molecule has 1 aromatic heterocycles. The third kappa shape index (κ3) is 3.96. The summed E-state index contributed by atoms with van der Waals surface area (Å²) in [5, 5.41) is 4.09. The summed E-state index contributed by atoms with van der Waals surface area (Å²) in [6.07, 6.45) is 3.79. The third-order valence-electron chi connectivity index (χ3n) is 4.60. The summed E-state index contributed by atoms with van der Waals surface area (Å²) in [6, 6.07) is 14.3. The van der Waals surface area contributed by atoms with Gasteiger partial charge in [-0.05, 0) is 42.7 Å². The van der Waals surface area contributed by atoms with Gasteiger partial charge in [0.15, 0.2) is 0 Å². The van der Waals surface area contributed by atoms with E-state index in [1.165, 1.54) is 12.4 Å². The van der Waals surface area contributed by atoms with Gasteiger partial charge in [-0.3, -0.25) is 4.79 Å². The topological polar surface area (TPSA) is 51.0 Å². The number of hydrogen-bond donors (Lipinski definition) is 0. The Balaban J connectivity index is 1.62. The molecule has 0 aliphatic heterocycles. The number of amides is 1. The van der Waals surface area contributed by atoms with E-state index in [0.717, 1.165) is 11.3 Å². The maximum Gasteiger partial charge on any atom is 0.223 e. The van der Waals surface area contributed by atoms with Crippen molar-refractivity contribution in [2.75, 3.05) is 7.05 Å². The van der Waals surface area contributed by atoms with E-state index < -0.39 is 0 Å². The predicted octanol–water partition coefficient (Wildman–Crippen LogP) is 3.56. The average Bonchev–Trinajstić information content (AvgIpc) is 3.21. The van der Waals surface area contributed by atoms with Crippen LogP contribution in [0.1, 0.15) is 30.5 Å². The zero-order valence-corrected chi connectivity index (χ0v) is 14.8. The minimum Gasteiger partial charge on any atom is -0.339 e. The van der Waals surface area contributed by atoms with Gasteiger partial charge in [-0.2, -0.15) is 5.10 Å². The van der Waals surface area contributed by atoms with Crippen molar-refractivity contribution in [3.8, 4) is 5.69 Å². The fraction of sp³-hybridized carbons (Fsp3) is 0.250. The van der Waals surface area contributed by atoms with Gasteiger partial charge < -0.3 is 4.90 Å². The second-order valence-corrected chi connectivity index (χ2v) is 6.20. The van der Waals surface area contributed by atoms with Gasteiger partial charge in [0.25, 0.3) is 0 Å². The predicted molar refractivity (Wildman–Crippen MR) is 97.3 cm³/mol. The van der Waals surface area contributed by atoms with Crippen LogP contribution in [0.4, 0.5) is 4.39 Å². The lowest BCUT2D eigenvalue weighted by molar-refractivity contribution is -0.131.